The second kappa shape index (κ2) is 13.0. The van der Waals surface area contributed by atoms with Crippen molar-refractivity contribution in [2.45, 2.75) is 105 Å². The highest BCUT2D eigenvalue weighted by Gasteiger charge is 2.06. The molecule has 0 aliphatic rings. The Kier molecular flexibility index (Phi) is 13.0. The second-order valence-electron chi connectivity index (χ2n) is 7.17. The van der Waals surface area contributed by atoms with Crippen LogP contribution in [-0.4, -0.2) is 0 Å². The van der Waals surface area contributed by atoms with Crippen molar-refractivity contribution in [2.75, 3.05) is 0 Å². The van der Waals surface area contributed by atoms with E-state index in [0.717, 1.165) is 17.8 Å². The topological polar surface area (TPSA) is 0 Å². The summed E-state index contributed by atoms with van der Waals surface area (Å²) >= 11 is 0. The average molecular weight is 269 g/mol. The minimum atomic E-state index is 0.864. The molecule has 2 unspecified atom stereocenters. The van der Waals surface area contributed by atoms with E-state index < -0.39 is 0 Å². The van der Waals surface area contributed by atoms with Crippen LogP contribution in [0.5, 0.6) is 0 Å². The van der Waals surface area contributed by atoms with Crippen LogP contribution in [0.25, 0.3) is 0 Å². The summed E-state index contributed by atoms with van der Waals surface area (Å²) in [5.74, 6) is 2.74. The van der Waals surface area contributed by atoms with E-state index in [-0.39, 0.29) is 0 Å². The van der Waals surface area contributed by atoms with Crippen molar-refractivity contribution < 1.29 is 0 Å². The van der Waals surface area contributed by atoms with Crippen molar-refractivity contribution in [1.29, 1.82) is 0 Å². The highest BCUT2D eigenvalue weighted by atomic mass is 14.1. The molecule has 0 radical (unpaired) electrons. The van der Waals surface area contributed by atoms with Crippen LogP contribution in [-0.2, 0) is 0 Å². The Balaban J connectivity index is 3.25. The lowest BCUT2D eigenvalue weighted by atomic mass is 9.91. The molecule has 0 aromatic rings. The van der Waals surface area contributed by atoms with Gasteiger partial charge in [-0.25, -0.2) is 0 Å². The lowest BCUT2D eigenvalue weighted by molar-refractivity contribution is 0.371. The molecule has 0 fully saturated rings. The van der Waals surface area contributed by atoms with E-state index in [2.05, 4.69) is 34.6 Å². The predicted molar refractivity (Wildman–Crippen MR) is 89.6 cm³/mol. The van der Waals surface area contributed by atoms with Gasteiger partial charge in [0.05, 0.1) is 0 Å². The smallest absolute Gasteiger partial charge is 0.0420 e. The number of hydrogen-bond donors (Lipinski definition) is 0. The molecule has 0 N–H and O–H groups in total. The highest BCUT2D eigenvalue weighted by Crippen LogP contribution is 2.20. The van der Waals surface area contributed by atoms with Crippen molar-refractivity contribution in [3.63, 3.8) is 0 Å². The molecule has 0 amide bonds. The molecule has 0 bridgehead atoms. The minimum absolute atomic E-state index is 0.864. The van der Waals surface area contributed by atoms with Crippen LogP contribution in [0.3, 0.4) is 0 Å². The quantitative estimate of drug-likeness (QED) is 0.309. The zero-order valence-electron chi connectivity index (χ0n) is 14.5. The summed E-state index contributed by atoms with van der Waals surface area (Å²) in [5.41, 5.74) is 0. The third-order valence-corrected chi connectivity index (χ3v) is 4.79. The van der Waals surface area contributed by atoms with Gasteiger partial charge in [-0.15, -0.1) is 0 Å². The summed E-state index contributed by atoms with van der Waals surface area (Å²) in [6.45, 7) is 11.9. The van der Waals surface area contributed by atoms with Crippen LogP contribution in [0, 0.1) is 17.8 Å². The van der Waals surface area contributed by atoms with E-state index in [1.54, 1.807) is 0 Å². The molecular weight excluding hydrogens is 228 g/mol. The minimum Gasteiger partial charge on any atom is -0.0654 e. The van der Waals surface area contributed by atoms with E-state index in [1.807, 2.05) is 0 Å². The predicted octanol–water partition coefficient (Wildman–Crippen LogP) is 7.23. The lowest BCUT2D eigenvalue weighted by Gasteiger charge is -2.15. The Morgan fingerprint density at radius 1 is 0.579 bits per heavy atom. The van der Waals surface area contributed by atoms with Gasteiger partial charge in [0.2, 0.25) is 0 Å². The van der Waals surface area contributed by atoms with Crippen molar-refractivity contribution >= 4 is 0 Å². The van der Waals surface area contributed by atoms with Crippen molar-refractivity contribution in [3.8, 4) is 0 Å². The van der Waals surface area contributed by atoms with Gasteiger partial charge in [0.15, 0.2) is 0 Å². The van der Waals surface area contributed by atoms with Gasteiger partial charge in [-0.3, -0.25) is 0 Å². The van der Waals surface area contributed by atoms with Crippen molar-refractivity contribution in [2.24, 2.45) is 17.8 Å². The molecule has 0 aliphatic heterocycles. The molecule has 0 spiro atoms. The fraction of sp³-hybridized carbons (Fsp3) is 1.00. The van der Waals surface area contributed by atoms with Crippen molar-refractivity contribution in [3.05, 3.63) is 0 Å². The molecule has 0 heterocycles. The average Bonchev–Trinajstić information content (AvgIpc) is 2.38. The fourth-order valence-electron chi connectivity index (χ4n) is 2.71. The van der Waals surface area contributed by atoms with E-state index in [0.29, 0.717) is 0 Å². The third-order valence-electron chi connectivity index (χ3n) is 4.79. The molecule has 0 heteroatoms. The Labute approximate surface area is 123 Å². The largest absolute Gasteiger partial charge is 0.0654 e. The van der Waals surface area contributed by atoms with E-state index >= 15 is 0 Å². The first kappa shape index (κ1) is 19.0. The van der Waals surface area contributed by atoms with Gasteiger partial charge in [-0.2, -0.15) is 0 Å². The number of unbranched alkanes of at least 4 members (excludes halogenated alkanes) is 6. The summed E-state index contributed by atoms with van der Waals surface area (Å²) in [4.78, 5) is 0. The Morgan fingerprint density at radius 2 is 1.05 bits per heavy atom. The summed E-state index contributed by atoms with van der Waals surface area (Å²) < 4.78 is 0. The number of rotatable bonds is 13. The van der Waals surface area contributed by atoms with Crippen LogP contribution in [0.1, 0.15) is 105 Å². The van der Waals surface area contributed by atoms with Gasteiger partial charge in [0, 0.05) is 0 Å². The van der Waals surface area contributed by atoms with Crippen LogP contribution < -0.4 is 0 Å². The van der Waals surface area contributed by atoms with Gasteiger partial charge in [-0.1, -0.05) is 105 Å². The van der Waals surface area contributed by atoms with Crippen LogP contribution >= 0.6 is 0 Å². The van der Waals surface area contributed by atoms with Gasteiger partial charge < -0.3 is 0 Å². The molecule has 0 aromatic carbocycles. The maximum atomic E-state index is 2.45. The Hall–Kier alpha value is 0. The standard InChI is InChI=1S/C19H40/c1-6-7-8-11-14-18(4)15-12-9-10-13-16-19(5)17(2)3/h17-19H,6-16H2,1-5H3. The zero-order chi connectivity index (χ0) is 14.5. The molecule has 2 atom stereocenters. The molecule has 0 aromatic heterocycles. The van der Waals surface area contributed by atoms with Crippen LogP contribution in [0.4, 0.5) is 0 Å². The first-order chi connectivity index (χ1) is 9.07. The van der Waals surface area contributed by atoms with Crippen LogP contribution in [0.2, 0.25) is 0 Å². The second-order valence-corrected chi connectivity index (χ2v) is 7.17. The summed E-state index contributed by atoms with van der Waals surface area (Å²) in [6, 6.07) is 0. The molecule has 0 saturated heterocycles. The van der Waals surface area contributed by atoms with Crippen LogP contribution in [0.15, 0.2) is 0 Å². The summed E-state index contributed by atoms with van der Waals surface area (Å²) in [6.07, 6.45) is 15.9. The van der Waals surface area contributed by atoms with E-state index in [4.69, 9.17) is 0 Å². The third kappa shape index (κ3) is 12.8. The van der Waals surface area contributed by atoms with Gasteiger partial charge in [-0.05, 0) is 17.8 Å². The highest BCUT2D eigenvalue weighted by molar-refractivity contribution is 4.59. The molecule has 0 nitrogen and oxygen atoms in total. The zero-order valence-corrected chi connectivity index (χ0v) is 14.5. The van der Waals surface area contributed by atoms with E-state index in [1.165, 1.54) is 70.6 Å². The Morgan fingerprint density at radius 3 is 1.53 bits per heavy atom. The molecule has 0 rings (SSSR count). The Bertz CT molecular complexity index is 171. The SMILES string of the molecule is CCCCCCC(C)CCCCCCC(C)C(C)C. The lowest BCUT2D eigenvalue weighted by Crippen LogP contribution is -2.03. The van der Waals surface area contributed by atoms with Gasteiger partial charge in [0.25, 0.3) is 0 Å². The van der Waals surface area contributed by atoms with E-state index in [9.17, 15) is 0 Å². The first-order valence-electron chi connectivity index (χ1n) is 9.07. The maximum Gasteiger partial charge on any atom is -0.0420 e. The number of hydrogen-bond acceptors (Lipinski definition) is 0. The van der Waals surface area contributed by atoms with Gasteiger partial charge in [0.1, 0.15) is 0 Å². The molecular formula is C19H40. The first-order valence-corrected chi connectivity index (χ1v) is 9.07. The molecule has 0 aliphatic carbocycles. The summed E-state index contributed by atoms with van der Waals surface area (Å²) in [5, 5.41) is 0. The summed E-state index contributed by atoms with van der Waals surface area (Å²) in [7, 11) is 0. The van der Waals surface area contributed by atoms with Gasteiger partial charge >= 0.3 is 0 Å². The molecule has 0 saturated carbocycles. The van der Waals surface area contributed by atoms with Crippen molar-refractivity contribution in [1.82, 2.24) is 0 Å². The monoisotopic (exact) mass is 268 g/mol. The molecule has 116 valence electrons. The normalized spacial score (nSPS) is 14.8. The maximum absolute atomic E-state index is 2.45. The fourth-order valence-corrected chi connectivity index (χ4v) is 2.71. The molecule has 19 heavy (non-hydrogen) atoms.